The number of guanidine groups is 1. The summed E-state index contributed by atoms with van der Waals surface area (Å²) in [6.07, 6.45) is 9.04. The van der Waals surface area contributed by atoms with E-state index in [9.17, 15) is 0 Å². The van der Waals surface area contributed by atoms with E-state index in [1.807, 2.05) is 12.5 Å². The zero-order chi connectivity index (χ0) is 13.1. The fraction of sp³-hybridized carbons (Fsp3) is 0.692. The van der Waals surface area contributed by atoms with Crippen molar-refractivity contribution in [2.75, 3.05) is 19.6 Å². The van der Waals surface area contributed by atoms with Crippen LogP contribution in [0.2, 0.25) is 0 Å². The quantitative estimate of drug-likeness (QED) is 0.419. The molecule has 0 amide bonds. The summed E-state index contributed by atoms with van der Waals surface area (Å²) >= 11 is 0. The van der Waals surface area contributed by atoms with E-state index in [1.54, 1.807) is 6.20 Å². The second-order valence-corrected chi connectivity index (χ2v) is 4.20. The first-order chi connectivity index (χ1) is 8.86. The average molecular weight is 251 g/mol. The van der Waals surface area contributed by atoms with E-state index >= 15 is 0 Å². The van der Waals surface area contributed by atoms with Gasteiger partial charge in [0.15, 0.2) is 5.96 Å². The smallest absolute Gasteiger partial charge is 0.191 e. The zero-order valence-corrected chi connectivity index (χ0v) is 11.5. The van der Waals surface area contributed by atoms with Crippen LogP contribution in [-0.4, -0.2) is 35.1 Å². The fourth-order valence-corrected chi connectivity index (χ4v) is 1.59. The van der Waals surface area contributed by atoms with Gasteiger partial charge in [0.25, 0.3) is 0 Å². The molecule has 0 radical (unpaired) electrons. The monoisotopic (exact) mass is 251 g/mol. The molecule has 0 aliphatic heterocycles. The van der Waals surface area contributed by atoms with Gasteiger partial charge in [-0.2, -0.15) is 0 Å². The summed E-state index contributed by atoms with van der Waals surface area (Å²) in [6, 6.07) is 0. The van der Waals surface area contributed by atoms with Crippen molar-refractivity contribution in [1.82, 2.24) is 20.2 Å². The summed E-state index contributed by atoms with van der Waals surface area (Å²) in [5.41, 5.74) is 0. The molecule has 0 aromatic carbocycles. The summed E-state index contributed by atoms with van der Waals surface area (Å²) in [5, 5.41) is 6.59. The lowest BCUT2D eigenvalue weighted by Crippen LogP contribution is -2.37. The zero-order valence-electron chi connectivity index (χ0n) is 11.5. The molecule has 1 heterocycles. The van der Waals surface area contributed by atoms with Crippen molar-refractivity contribution in [3.8, 4) is 0 Å². The molecule has 0 spiro atoms. The summed E-state index contributed by atoms with van der Waals surface area (Å²) in [6.45, 7) is 7.97. The normalized spacial score (nSPS) is 11.6. The number of aromatic nitrogens is 2. The van der Waals surface area contributed by atoms with Crippen molar-refractivity contribution in [2.24, 2.45) is 4.99 Å². The number of aryl methyl sites for hydroxylation is 1. The number of nitrogens with zero attached hydrogens (tertiary/aromatic N) is 3. The third-order valence-electron chi connectivity index (χ3n) is 2.57. The van der Waals surface area contributed by atoms with Crippen LogP contribution in [0.25, 0.3) is 0 Å². The van der Waals surface area contributed by atoms with Gasteiger partial charge < -0.3 is 15.2 Å². The van der Waals surface area contributed by atoms with E-state index in [1.165, 1.54) is 12.8 Å². The number of hydrogen-bond donors (Lipinski definition) is 2. The molecule has 5 heteroatoms. The standard InChI is InChI=1S/C13H25N5/c1-3-5-7-16-13(15-4-2)17-8-6-10-18-11-9-14-12-18/h9,11-12H,3-8,10H2,1-2H3,(H2,15,16,17). The molecule has 0 atom stereocenters. The molecule has 2 N–H and O–H groups in total. The van der Waals surface area contributed by atoms with Gasteiger partial charge in [0, 0.05) is 38.6 Å². The van der Waals surface area contributed by atoms with Gasteiger partial charge in [-0.3, -0.25) is 4.99 Å². The number of nitrogens with one attached hydrogen (secondary N) is 2. The number of rotatable bonds is 8. The van der Waals surface area contributed by atoms with Crippen LogP contribution < -0.4 is 10.6 Å². The molecule has 1 rings (SSSR count). The van der Waals surface area contributed by atoms with Crippen molar-refractivity contribution < 1.29 is 0 Å². The van der Waals surface area contributed by atoms with Crippen molar-refractivity contribution in [3.63, 3.8) is 0 Å². The van der Waals surface area contributed by atoms with Crippen LogP contribution in [0.1, 0.15) is 33.1 Å². The summed E-state index contributed by atoms with van der Waals surface area (Å²) in [5.74, 6) is 0.927. The Morgan fingerprint density at radius 3 is 2.83 bits per heavy atom. The molecule has 0 bridgehead atoms. The lowest BCUT2D eigenvalue weighted by Gasteiger charge is -2.10. The molecular weight excluding hydrogens is 226 g/mol. The number of unbranched alkanes of at least 4 members (excludes halogenated alkanes) is 1. The van der Waals surface area contributed by atoms with Crippen LogP contribution in [0.15, 0.2) is 23.7 Å². The van der Waals surface area contributed by atoms with Crippen LogP contribution in [0.5, 0.6) is 0 Å². The first-order valence-corrected chi connectivity index (χ1v) is 6.84. The highest BCUT2D eigenvalue weighted by atomic mass is 15.2. The van der Waals surface area contributed by atoms with Gasteiger partial charge in [-0.1, -0.05) is 13.3 Å². The SMILES string of the molecule is CCCCNC(=NCCCn1ccnc1)NCC. The largest absolute Gasteiger partial charge is 0.357 e. The van der Waals surface area contributed by atoms with Crippen molar-refractivity contribution in [3.05, 3.63) is 18.7 Å². The molecule has 1 aromatic heterocycles. The van der Waals surface area contributed by atoms with Gasteiger partial charge >= 0.3 is 0 Å². The Morgan fingerprint density at radius 2 is 2.17 bits per heavy atom. The van der Waals surface area contributed by atoms with Crippen LogP contribution in [0.3, 0.4) is 0 Å². The minimum absolute atomic E-state index is 0.833. The van der Waals surface area contributed by atoms with Crippen molar-refractivity contribution in [2.45, 2.75) is 39.7 Å². The third kappa shape index (κ3) is 6.27. The maximum absolute atomic E-state index is 4.55. The molecule has 1 aromatic rings. The van der Waals surface area contributed by atoms with Gasteiger partial charge in [-0.15, -0.1) is 0 Å². The van der Waals surface area contributed by atoms with E-state index in [0.29, 0.717) is 0 Å². The highest BCUT2D eigenvalue weighted by Crippen LogP contribution is 1.91. The van der Waals surface area contributed by atoms with E-state index in [2.05, 4.69) is 39.0 Å². The maximum Gasteiger partial charge on any atom is 0.191 e. The summed E-state index contributed by atoms with van der Waals surface area (Å²) < 4.78 is 2.08. The highest BCUT2D eigenvalue weighted by molar-refractivity contribution is 5.79. The van der Waals surface area contributed by atoms with E-state index < -0.39 is 0 Å². The predicted molar refractivity (Wildman–Crippen MR) is 75.7 cm³/mol. The van der Waals surface area contributed by atoms with Crippen LogP contribution in [0, 0.1) is 0 Å². The van der Waals surface area contributed by atoms with Gasteiger partial charge in [-0.25, -0.2) is 4.98 Å². The Labute approximate surface area is 110 Å². The first kappa shape index (κ1) is 14.5. The highest BCUT2D eigenvalue weighted by Gasteiger charge is 1.95. The number of hydrogen-bond acceptors (Lipinski definition) is 2. The molecule has 0 saturated carbocycles. The first-order valence-electron chi connectivity index (χ1n) is 6.84. The molecule has 5 nitrogen and oxygen atoms in total. The molecule has 18 heavy (non-hydrogen) atoms. The average Bonchev–Trinajstić information content (AvgIpc) is 2.88. The second-order valence-electron chi connectivity index (χ2n) is 4.20. The van der Waals surface area contributed by atoms with E-state index in [4.69, 9.17) is 0 Å². The van der Waals surface area contributed by atoms with E-state index in [-0.39, 0.29) is 0 Å². The molecule has 0 unspecified atom stereocenters. The van der Waals surface area contributed by atoms with Crippen molar-refractivity contribution in [1.29, 1.82) is 0 Å². The van der Waals surface area contributed by atoms with Gasteiger partial charge in [0.2, 0.25) is 0 Å². The summed E-state index contributed by atoms with van der Waals surface area (Å²) in [4.78, 5) is 8.56. The Morgan fingerprint density at radius 1 is 1.28 bits per heavy atom. The minimum atomic E-state index is 0.833. The molecule has 0 aliphatic rings. The number of aliphatic imine (C=N–C) groups is 1. The third-order valence-corrected chi connectivity index (χ3v) is 2.57. The topological polar surface area (TPSA) is 54.2 Å². The lowest BCUT2D eigenvalue weighted by atomic mass is 10.3. The molecule has 0 aliphatic carbocycles. The second kappa shape index (κ2) is 9.50. The Balaban J connectivity index is 2.21. The van der Waals surface area contributed by atoms with Gasteiger partial charge in [0.05, 0.1) is 6.33 Å². The Bertz CT molecular complexity index is 318. The van der Waals surface area contributed by atoms with Crippen molar-refractivity contribution >= 4 is 5.96 Å². The van der Waals surface area contributed by atoms with Crippen LogP contribution >= 0.6 is 0 Å². The van der Waals surface area contributed by atoms with Gasteiger partial charge in [0.1, 0.15) is 0 Å². The molecule has 0 fully saturated rings. The lowest BCUT2D eigenvalue weighted by molar-refractivity contribution is 0.645. The Kier molecular flexibility index (Phi) is 7.68. The molecular formula is C13H25N5. The minimum Gasteiger partial charge on any atom is -0.357 e. The predicted octanol–water partition coefficient (Wildman–Crippen LogP) is 1.63. The number of imidazole rings is 1. The van der Waals surface area contributed by atoms with E-state index in [0.717, 1.165) is 38.6 Å². The molecule has 102 valence electrons. The van der Waals surface area contributed by atoms with Crippen LogP contribution in [-0.2, 0) is 6.54 Å². The Hall–Kier alpha value is -1.52. The van der Waals surface area contributed by atoms with Crippen LogP contribution in [0.4, 0.5) is 0 Å². The fourth-order valence-electron chi connectivity index (χ4n) is 1.59. The summed E-state index contributed by atoms with van der Waals surface area (Å²) in [7, 11) is 0. The maximum atomic E-state index is 4.55. The molecule has 0 saturated heterocycles. The van der Waals surface area contributed by atoms with Gasteiger partial charge in [-0.05, 0) is 19.8 Å².